The number of hydrogen-bond acceptors (Lipinski definition) is 2. The van der Waals surface area contributed by atoms with Crippen molar-refractivity contribution in [1.82, 2.24) is 5.32 Å². The van der Waals surface area contributed by atoms with Crippen molar-refractivity contribution in [2.24, 2.45) is 0 Å². The third kappa shape index (κ3) is 4.46. The highest BCUT2D eigenvalue weighted by Crippen LogP contribution is 2.17. The molecule has 0 aliphatic heterocycles. The molecule has 0 spiro atoms. The Balaban J connectivity index is 2.00. The van der Waals surface area contributed by atoms with Crippen LogP contribution < -0.4 is 5.32 Å². The highest BCUT2D eigenvalue weighted by molar-refractivity contribution is 7.07. The quantitative estimate of drug-likeness (QED) is 0.782. The van der Waals surface area contributed by atoms with Crippen LogP contribution >= 0.6 is 11.3 Å². The molecule has 0 aliphatic rings. The number of benzene rings is 1. The van der Waals surface area contributed by atoms with Gasteiger partial charge in [0.2, 0.25) is 0 Å². The van der Waals surface area contributed by atoms with Gasteiger partial charge in [-0.3, -0.25) is 0 Å². The van der Waals surface area contributed by atoms with Gasteiger partial charge in [0.25, 0.3) is 0 Å². The first-order valence-corrected chi connectivity index (χ1v) is 8.46. The fourth-order valence-electron chi connectivity index (χ4n) is 2.52. The topological polar surface area (TPSA) is 12.0 Å². The minimum absolute atomic E-state index is 0.527. The van der Waals surface area contributed by atoms with Crippen LogP contribution in [0, 0.1) is 0 Å². The molecule has 0 amide bonds. The maximum Gasteiger partial charge on any atom is 0.0148 e. The van der Waals surface area contributed by atoms with Gasteiger partial charge in [-0.25, -0.2) is 0 Å². The van der Waals surface area contributed by atoms with E-state index in [-0.39, 0.29) is 0 Å². The minimum atomic E-state index is 0.527. The second kappa shape index (κ2) is 7.61. The van der Waals surface area contributed by atoms with Crippen LogP contribution in [0.25, 0.3) is 0 Å². The molecule has 1 heterocycles. The standard InChI is InChI=1S/C18H25NS/c1-4-19-18(12-16-9-10-20-13-16)11-15-5-7-17(8-6-15)14(2)3/h5-10,13-14,18-19H,4,11-12H2,1-3H3. The van der Waals surface area contributed by atoms with E-state index in [0.717, 1.165) is 19.4 Å². The highest BCUT2D eigenvalue weighted by Gasteiger charge is 2.10. The molecule has 0 radical (unpaired) electrons. The molecule has 1 atom stereocenters. The molecule has 108 valence electrons. The number of thiophene rings is 1. The van der Waals surface area contributed by atoms with Gasteiger partial charge in [-0.1, -0.05) is 45.0 Å². The summed E-state index contributed by atoms with van der Waals surface area (Å²) >= 11 is 1.78. The molecule has 1 N–H and O–H groups in total. The molecule has 0 fully saturated rings. The molecular weight excluding hydrogens is 262 g/mol. The fraction of sp³-hybridized carbons (Fsp3) is 0.444. The van der Waals surface area contributed by atoms with Gasteiger partial charge in [-0.05, 0) is 58.8 Å². The molecule has 1 aromatic heterocycles. The van der Waals surface area contributed by atoms with Gasteiger partial charge in [-0.15, -0.1) is 0 Å². The Hall–Kier alpha value is -1.12. The third-order valence-electron chi connectivity index (χ3n) is 3.68. The molecule has 0 bridgehead atoms. The van der Waals surface area contributed by atoms with Crippen LogP contribution in [0.2, 0.25) is 0 Å². The zero-order valence-corrected chi connectivity index (χ0v) is 13.5. The Kier molecular flexibility index (Phi) is 5.81. The largest absolute Gasteiger partial charge is 0.314 e. The number of nitrogens with one attached hydrogen (secondary N) is 1. The number of rotatable bonds is 7. The van der Waals surface area contributed by atoms with Crippen molar-refractivity contribution in [2.45, 2.75) is 45.6 Å². The van der Waals surface area contributed by atoms with Crippen LogP contribution in [0.15, 0.2) is 41.1 Å². The first-order chi connectivity index (χ1) is 9.69. The van der Waals surface area contributed by atoms with Crippen LogP contribution in [0.1, 0.15) is 43.4 Å². The lowest BCUT2D eigenvalue weighted by atomic mass is 9.97. The van der Waals surface area contributed by atoms with E-state index in [2.05, 4.69) is 67.2 Å². The molecular formula is C18H25NS. The summed E-state index contributed by atoms with van der Waals surface area (Å²) in [5.74, 6) is 0.611. The Morgan fingerprint density at radius 3 is 2.25 bits per heavy atom. The van der Waals surface area contributed by atoms with Gasteiger partial charge in [-0.2, -0.15) is 11.3 Å². The predicted octanol–water partition coefficient (Wildman–Crippen LogP) is 4.63. The van der Waals surface area contributed by atoms with Crippen LogP contribution in [0.5, 0.6) is 0 Å². The zero-order chi connectivity index (χ0) is 14.4. The van der Waals surface area contributed by atoms with E-state index in [1.54, 1.807) is 11.3 Å². The van der Waals surface area contributed by atoms with E-state index in [0.29, 0.717) is 12.0 Å². The predicted molar refractivity (Wildman–Crippen MR) is 89.7 cm³/mol. The van der Waals surface area contributed by atoms with Gasteiger partial charge < -0.3 is 5.32 Å². The first-order valence-electron chi connectivity index (χ1n) is 7.52. The summed E-state index contributed by atoms with van der Waals surface area (Å²) in [6, 6.07) is 11.9. The second-order valence-corrected chi connectivity index (χ2v) is 6.47. The molecule has 2 aromatic rings. The molecule has 1 aromatic carbocycles. The van der Waals surface area contributed by atoms with Crippen molar-refractivity contribution >= 4 is 11.3 Å². The zero-order valence-electron chi connectivity index (χ0n) is 12.7. The van der Waals surface area contributed by atoms with Crippen molar-refractivity contribution in [3.8, 4) is 0 Å². The first kappa shape index (κ1) is 15.3. The molecule has 2 heteroatoms. The lowest BCUT2D eigenvalue weighted by Crippen LogP contribution is -2.32. The van der Waals surface area contributed by atoms with Gasteiger partial charge in [0.05, 0.1) is 0 Å². The van der Waals surface area contributed by atoms with E-state index in [9.17, 15) is 0 Å². The SMILES string of the molecule is CCNC(Cc1ccc(C(C)C)cc1)Cc1ccsc1. The molecule has 0 saturated carbocycles. The average molecular weight is 287 g/mol. The molecule has 0 saturated heterocycles. The van der Waals surface area contributed by atoms with Crippen molar-refractivity contribution in [1.29, 1.82) is 0 Å². The van der Waals surface area contributed by atoms with Gasteiger partial charge in [0.1, 0.15) is 0 Å². The Morgan fingerprint density at radius 2 is 1.70 bits per heavy atom. The van der Waals surface area contributed by atoms with Crippen molar-refractivity contribution in [3.05, 3.63) is 57.8 Å². The van der Waals surface area contributed by atoms with E-state index in [1.807, 2.05) is 0 Å². The summed E-state index contributed by atoms with van der Waals surface area (Å²) in [5.41, 5.74) is 4.29. The maximum absolute atomic E-state index is 3.61. The molecule has 1 unspecified atom stereocenters. The van der Waals surface area contributed by atoms with Crippen LogP contribution in [-0.4, -0.2) is 12.6 Å². The van der Waals surface area contributed by atoms with E-state index in [4.69, 9.17) is 0 Å². The summed E-state index contributed by atoms with van der Waals surface area (Å²) in [6.45, 7) is 7.70. The molecule has 1 nitrogen and oxygen atoms in total. The summed E-state index contributed by atoms with van der Waals surface area (Å²) in [7, 11) is 0. The minimum Gasteiger partial charge on any atom is -0.314 e. The van der Waals surface area contributed by atoms with Crippen LogP contribution in [-0.2, 0) is 12.8 Å². The van der Waals surface area contributed by atoms with Crippen LogP contribution in [0.3, 0.4) is 0 Å². The highest BCUT2D eigenvalue weighted by atomic mass is 32.1. The van der Waals surface area contributed by atoms with E-state index in [1.165, 1.54) is 16.7 Å². The van der Waals surface area contributed by atoms with E-state index >= 15 is 0 Å². The molecule has 2 rings (SSSR count). The van der Waals surface area contributed by atoms with Crippen LogP contribution in [0.4, 0.5) is 0 Å². The van der Waals surface area contributed by atoms with Crippen molar-refractivity contribution in [3.63, 3.8) is 0 Å². The smallest absolute Gasteiger partial charge is 0.0148 e. The summed E-state index contributed by atoms with van der Waals surface area (Å²) in [4.78, 5) is 0. The number of hydrogen-bond donors (Lipinski definition) is 1. The van der Waals surface area contributed by atoms with Crippen molar-refractivity contribution in [2.75, 3.05) is 6.54 Å². The normalized spacial score (nSPS) is 12.8. The van der Waals surface area contributed by atoms with Crippen molar-refractivity contribution < 1.29 is 0 Å². The fourth-order valence-corrected chi connectivity index (χ4v) is 3.20. The average Bonchev–Trinajstić information content (AvgIpc) is 2.92. The summed E-state index contributed by atoms with van der Waals surface area (Å²) in [5, 5.41) is 8.03. The Labute approximate surface area is 127 Å². The monoisotopic (exact) mass is 287 g/mol. The molecule has 20 heavy (non-hydrogen) atoms. The summed E-state index contributed by atoms with van der Waals surface area (Å²) < 4.78 is 0. The van der Waals surface area contributed by atoms with Gasteiger partial charge in [0, 0.05) is 6.04 Å². The van der Waals surface area contributed by atoms with E-state index < -0.39 is 0 Å². The Bertz CT molecular complexity index is 485. The number of likely N-dealkylation sites (N-methyl/N-ethyl adjacent to an activating group) is 1. The lowest BCUT2D eigenvalue weighted by molar-refractivity contribution is 0.522. The third-order valence-corrected chi connectivity index (χ3v) is 4.42. The molecule has 0 aliphatic carbocycles. The Morgan fingerprint density at radius 1 is 1.00 bits per heavy atom. The summed E-state index contributed by atoms with van der Waals surface area (Å²) in [6.07, 6.45) is 2.21. The van der Waals surface area contributed by atoms with Gasteiger partial charge in [0.15, 0.2) is 0 Å². The maximum atomic E-state index is 3.61. The second-order valence-electron chi connectivity index (χ2n) is 5.69. The lowest BCUT2D eigenvalue weighted by Gasteiger charge is -2.18. The van der Waals surface area contributed by atoms with Gasteiger partial charge >= 0.3 is 0 Å².